The van der Waals surface area contributed by atoms with Crippen molar-refractivity contribution in [3.05, 3.63) is 82.4 Å². The van der Waals surface area contributed by atoms with Gasteiger partial charge in [0.1, 0.15) is 4.34 Å². The Morgan fingerprint density at radius 1 is 1.08 bits per heavy atom. The topological polar surface area (TPSA) is 42.0 Å². The zero-order valence-electron chi connectivity index (χ0n) is 14.1. The third-order valence-corrected chi connectivity index (χ3v) is 5.93. The Kier molecular flexibility index (Phi) is 6.25. The number of nitrogens with zero attached hydrogens (tertiary/aromatic N) is 1. The maximum Gasteiger partial charge on any atom is 0.251 e. The predicted octanol–water partition coefficient (Wildman–Crippen LogP) is 4.72. The summed E-state index contributed by atoms with van der Waals surface area (Å²) in [5, 5.41) is 5.04. The van der Waals surface area contributed by atoms with Crippen molar-refractivity contribution in [2.75, 3.05) is 6.54 Å². The number of amides is 1. The quantitative estimate of drug-likeness (QED) is 0.614. The second-order valence-electron chi connectivity index (χ2n) is 5.73. The van der Waals surface area contributed by atoms with Crippen LogP contribution in [0.25, 0.3) is 0 Å². The minimum atomic E-state index is -0.0225. The lowest BCUT2D eigenvalue weighted by molar-refractivity contribution is 0.0954. The Balaban J connectivity index is 1.46. The highest BCUT2D eigenvalue weighted by molar-refractivity contribution is 8.00. The van der Waals surface area contributed by atoms with E-state index in [1.807, 2.05) is 49.4 Å². The summed E-state index contributed by atoms with van der Waals surface area (Å²) < 4.78 is 1.08. The van der Waals surface area contributed by atoms with Crippen LogP contribution in [0.5, 0.6) is 0 Å². The average Bonchev–Trinajstić information content (AvgIpc) is 3.06. The van der Waals surface area contributed by atoms with Crippen molar-refractivity contribution >= 4 is 29.0 Å². The summed E-state index contributed by atoms with van der Waals surface area (Å²) in [6.45, 7) is 2.65. The summed E-state index contributed by atoms with van der Waals surface area (Å²) in [5.74, 6) is 0.841. The minimum Gasteiger partial charge on any atom is -0.352 e. The Bertz CT molecular complexity index is 813. The van der Waals surface area contributed by atoms with Crippen LogP contribution in [0, 0.1) is 6.92 Å². The van der Waals surface area contributed by atoms with Crippen LogP contribution in [0.3, 0.4) is 0 Å². The summed E-state index contributed by atoms with van der Waals surface area (Å²) in [7, 11) is 0. The zero-order valence-corrected chi connectivity index (χ0v) is 15.7. The number of thiazole rings is 1. The first kappa shape index (κ1) is 17.7. The van der Waals surface area contributed by atoms with E-state index in [1.165, 1.54) is 11.1 Å². The standard InChI is InChI=1S/C20H20N2OS2/c1-15-13-24-20(22-15)25-14-17-7-9-18(10-8-17)19(23)21-12-11-16-5-3-2-4-6-16/h2-10,13H,11-12,14H2,1H3,(H,21,23). The normalized spacial score (nSPS) is 10.6. The highest BCUT2D eigenvalue weighted by Gasteiger charge is 2.06. The van der Waals surface area contributed by atoms with Crippen molar-refractivity contribution in [2.24, 2.45) is 0 Å². The SMILES string of the molecule is Cc1csc(SCc2ccc(C(=O)NCCc3ccccc3)cc2)n1. The van der Waals surface area contributed by atoms with E-state index in [9.17, 15) is 4.79 Å². The molecule has 3 nitrogen and oxygen atoms in total. The Hall–Kier alpha value is -2.11. The molecule has 5 heteroatoms. The molecule has 2 aromatic carbocycles. The molecule has 0 bridgehead atoms. The summed E-state index contributed by atoms with van der Waals surface area (Å²) in [4.78, 5) is 16.7. The van der Waals surface area contributed by atoms with E-state index in [2.05, 4.69) is 27.8 Å². The smallest absolute Gasteiger partial charge is 0.251 e. The van der Waals surface area contributed by atoms with Crippen LogP contribution in [-0.2, 0) is 12.2 Å². The number of thioether (sulfide) groups is 1. The van der Waals surface area contributed by atoms with E-state index in [1.54, 1.807) is 23.1 Å². The van der Waals surface area contributed by atoms with E-state index in [0.717, 1.165) is 22.2 Å². The van der Waals surface area contributed by atoms with Gasteiger partial charge in [-0.25, -0.2) is 4.98 Å². The fourth-order valence-electron chi connectivity index (χ4n) is 2.36. The van der Waals surface area contributed by atoms with Crippen molar-refractivity contribution in [1.82, 2.24) is 10.3 Å². The Morgan fingerprint density at radius 3 is 2.52 bits per heavy atom. The van der Waals surface area contributed by atoms with E-state index in [4.69, 9.17) is 0 Å². The van der Waals surface area contributed by atoms with Gasteiger partial charge in [-0.2, -0.15) is 0 Å². The maximum absolute atomic E-state index is 12.2. The van der Waals surface area contributed by atoms with Crippen LogP contribution in [0.2, 0.25) is 0 Å². The number of carbonyl (C=O) groups is 1. The minimum absolute atomic E-state index is 0.0225. The molecule has 25 heavy (non-hydrogen) atoms. The predicted molar refractivity (Wildman–Crippen MR) is 105 cm³/mol. The largest absolute Gasteiger partial charge is 0.352 e. The lowest BCUT2D eigenvalue weighted by Crippen LogP contribution is -2.25. The van der Waals surface area contributed by atoms with Crippen LogP contribution in [0.4, 0.5) is 0 Å². The highest BCUT2D eigenvalue weighted by atomic mass is 32.2. The molecular formula is C20H20N2OS2. The first-order chi connectivity index (χ1) is 12.2. The van der Waals surface area contributed by atoms with E-state index in [0.29, 0.717) is 12.1 Å². The van der Waals surface area contributed by atoms with Gasteiger partial charge in [-0.1, -0.05) is 54.2 Å². The molecule has 1 amide bonds. The van der Waals surface area contributed by atoms with Crippen LogP contribution < -0.4 is 5.32 Å². The van der Waals surface area contributed by atoms with Gasteiger partial charge < -0.3 is 5.32 Å². The molecule has 1 N–H and O–H groups in total. The third-order valence-electron chi connectivity index (χ3n) is 3.72. The highest BCUT2D eigenvalue weighted by Crippen LogP contribution is 2.26. The molecule has 0 spiro atoms. The summed E-state index contributed by atoms with van der Waals surface area (Å²) >= 11 is 3.40. The van der Waals surface area contributed by atoms with Crippen molar-refractivity contribution in [3.8, 4) is 0 Å². The van der Waals surface area contributed by atoms with Gasteiger partial charge in [0.25, 0.3) is 5.91 Å². The number of benzene rings is 2. The molecule has 3 rings (SSSR count). The molecule has 0 unspecified atom stereocenters. The van der Waals surface area contributed by atoms with E-state index < -0.39 is 0 Å². The maximum atomic E-state index is 12.2. The Labute approximate surface area is 156 Å². The van der Waals surface area contributed by atoms with Crippen LogP contribution >= 0.6 is 23.1 Å². The summed E-state index contributed by atoms with van der Waals surface area (Å²) in [5.41, 5.74) is 4.19. The third kappa shape index (κ3) is 5.44. The lowest BCUT2D eigenvalue weighted by Gasteiger charge is -2.06. The van der Waals surface area contributed by atoms with Gasteiger partial charge in [-0.05, 0) is 36.6 Å². The molecule has 0 radical (unpaired) electrons. The second kappa shape index (κ2) is 8.83. The molecule has 0 saturated carbocycles. The number of hydrogen-bond acceptors (Lipinski definition) is 4. The molecule has 1 aromatic heterocycles. The number of hydrogen-bond donors (Lipinski definition) is 1. The van der Waals surface area contributed by atoms with E-state index >= 15 is 0 Å². The number of aryl methyl sites for hydroxylation is 1. The average molecular weight is 369 g/mol. The molecule has 0 aliphatic heterocycles. The van der Waals surface area contributed by atoms with Gasteiger partial charge in [-0.15, -0.1) is 11.3 Å². The number of aromatic nitrogens is 1. The van der Waals surface area contributed by atoms with Gasteiger partial charge in [0.15, 0.2) is 0 Å². The molecule has 3 aromatic rings. The molecule has 0 aliphatic rings. The monoisotopic (exact) mass is 368 g/mol. The first-order valence-electron chi connectivity index (χ1n) is 8.17. The number of nitrogens with one attached hydrogen (secondary N) is 1. The lowest BCUT2D eigenvalue weighted by atomic mass is 10.1. The summed E-state index contributed by atoms with van der Waals surface area (Å²) in [6.07, 6.45) is 0.842. The fourth-order valence-corrected chi connectivity index (χ4v) is 4.17. The molecule has 0 saturated heterocycles. The van der Waals surface area contributed by atoms with Crippen molar-refractivity contribution in [2.45, 2.75) is 23.4 Å². The van der Waals surface area contributed by atoms with E-state index in [-0.39, 0.29) is 5.91 Å². The van der Waals surface area contributed by atoms with Gasteiger partial charge in [0.2, 0.25) is 0 Å². The van der Waals surface area contributed by atoms with Crippen molar-refractivity contribution in [3.63, 3.8) is 0 Å². The second-order valence-corrected chi connectivity index (χ2v) is 7.81. The number of rotatable bonds is 7. The van der Waals surface area contributed by atoms with Crippen LogP contribution in [0.1, 0.15) is 27.2 Å². The molecular weight excluding hydrogens is 348 g/mol. The van der Waals surface area contributed by atoms with Crippen molar-refractivity contribution < 1.29 is 4.79 Å². The van der Waals surface area contributed by atoms with Gasteiger partial charge >= 0.3 is 0 Å². The summed E-state index contributed by atoms with van der Waals surface area (Å²) in [6, 6.07) is 18.0. The number of carbonyl (C=O) groups excluding carboxylic acids is 1. The Morgan fingerprint density at radius 2 is 1.84 bits per heavy atom. The molecule has 0 aliphatic carbocycles. The van der Waals surface area contributed by atoms with Crippen LogP contribution in [0.15, 0.2) is 64.3 Å². The molecule has 1 heterocycles. The van der Waals surface area contributed by atoms with Crippen LogP contribution in [-0.4, -0.2) is 17.4 Å². The van der Waals surface area contributed by atoms with Gasteiger partial charge in [0.05, 0.1) is 0 Å². The van der Waals surface area contributed by atoms with Gasteiger partial charge in [-0.3, -0.25) is 4.79 Å². The van der Waals surface area contributed by atoms with Crippen molar-refractivity contribution in [1.29, 1.82) is 0 Å². The fraction of sp³-hybridized carbons (Fsp3) is 0.200. The zero-order chi connectivity index (χ0) is 17.5. The molecule has 0 fully saturated rings. The molecule has 0 atom stereocenters. The van der Waals surface area contributed by atoms with Gasteiger partial charge in [0, 0.05) is 28.9 Å². The first-order valence-corrected chi connectivity index (χ1v) is 10.0. The molecule has 128 valence electrons.